The van der Waals surface area contributed by atoms with Crippen LogP contribution in [-0.2, 0) is 25.8 Å². The number of carbonyl (C=O) groups is 2. The summed E-state index contributed by atoms with van der Waals surface area (Å²) in [6, 6.07) is 11.8. The number of hydrogen-bond donors (Lipinski definition) is 0. The lowest BCUT2D eigenvalue weighted by molar-refractivity contribution is -0.131. The normalized spacial score (nSPS) is 18.2. The lowest BCUT2D eigenvalue weighted by Gasteiger charge is -2.41. The summed E-state index contributed by atoms with van der Waals surface area (Å²) in [6.45, 7) is 7.99. The van der Waals surface area contributed by atoms with Crippen LogP contribution in [0.15, 0.2) is 45.8 Å². The minimum Gasteiger partial charge on any atom is -0.365 e. The largest absolute Gasteiger partial charge is 0.365 e. The van der Waals surface area contributed by atoms with E-state index in [1.165, 1.54) is 12.5 Å². The van der Waals surface area contributed by atoms with Gasteiger partial charge in [-0.2, -0.15) is 0 Å². The molecule has 1 saturated heterocycles. The van der Waals surface area contributed by atoms with Crippen LogP contribution in [0.4, 0.5) is 11.4 Å². The first-order valence-corrected chi connectivity index (χ1v) is 14.0. The zero-order chi connectivity index (χ0) is 24.6. The molecule has 7 nitrogen and oxygen atoms in total. The molecule has 0 radical (unpaired) electrons. The minimum absolute atomic E-state index is 0.0699. The van der Waals surface area contributed by atoms with Crippen LogP contribution in [-0.4, -0.2) is 63.1 Å². The Morgan fingerprint density at radius 2 is 1.79 bits per heavy atom. The summed E-state index contributed by atoms with van der Waals surface area (Å²) in [7, 11) is -3.71. The van der Waals surface area contributed by atoms with Gasteiger partial charge in [0.05, 0.1) is 10.6 Å². The average Bonchev–Trinajstić information content (AvgIpc) is 3.20. The molecule has 1 atom stereocenters. The van der Waals surface area contributed by atoms with Gasteiger partial charge in [-0.1, -0.05) is 17.7 Å². The standard InChI is InChI=1S/C25H30BrN3O4S/c1-17-4-6-21(7-5-17)28-12-11-27(16-18(28)2)25(31)9-13-34(32,33)24-15-23-20(14-22(24)26)8-10-29(23)19(3)30/h4-7,14-15,18H,8-13,16H2,1-3H3. The fourth-order valence-electron chi connectivity index (χ4n) is 4.75. The van der Waals surface area contributed by atoms with Crippen LogP contribution < -0.4 is 9.80 Å². The van der Waals surface area contributed by atoms with Gasteiger partial charge in [0.1, 0.15) is 0 Å². The van der Waals surface area contributed by atoms with Crippen molar-refractivity contribution < 1.29 is 18.0 Å². The molecule has 34 heavy (non-hydrogen) atoms. The maximum Gasteiger partial charge on any atom is 0.223 e. The number of sulfone groups is 1. The summed E-state index contributed by atoms with van der Waals surface area (Å²) in [5, 5.41) is 0. The number of halogens is 1. The van der Waals surface area contributed by atoms with E-state index < -0.39 is 9.84 Å². The maximum absolute atomic E-state index is 13.1. The van der Waals surface area contributed by atoms with Crippen molar-refractivity contribution in [1.29, 1.82) is 0 Å². The first-order chi connectivity index (χ1) is 16.1. The van der Waals surface area contributed by atoms with Gasteiger partial charge in [0.2, 0.25) is 11.8 Å². The van der Waals surface area contributed by atoms with Gasteiger partial charge in [0.15, 0.2) is 9.84 Å². The number of benzene rings is 2. The molecule has 2 aromatic rings. The highest BCUT2D eigenvalue weighted by molar-refractivity contribution is 9.10. The molecule has 4 rings (SSSR count). The number of piperazine rings is 1. The smallest absolute Gasteiger partial charge is 0.223 e. The summed E-state index contributed by atoms with van der Waals surface area (Å²) in [5.74, 6) is -0.532. The van der Waals surface area contributed by atoms with Crippen LogP contribution in [0.2, 0.25) is 0 Å². The first kappa shape index (κ1) is 24.7. The number of amides is 2. The molecule has 0 bridgehead atoms. The zero-order valence-corrected chi connectivity index (χ0v) is 22.2. The van der Waals surface area contributed by atoms with Crippen LogP contribution in [0.3, 0.4) is 0 Å². The third kappa shape index (κ3) is 5.00. The Morgan fingerprint density at radius 1 is 1.09 bits per heavy atom. The van der Waals surface area contributed by atoms with Crippen molar-refractivity contribution in [3.8, 4) is 0 Å². The van der Waals surface area contributed by atoms with Gasteiger partial charge >= 0.3 is 0 Å². The first-order valence-electron chi connectivity index (χ1n) is 11.5. The molecule has 9 heteroatoms. The summed E-state index contributed by atoms with van der Waals surface area (Å²) >= 11 is 3.38. The van der Waals surface area contributed by atoms with E-state index in [1.807, 2.05) is 0 Å². The lowest BCUT2D eigenvalue weighted by Crippen LogP contribution is -2.54. The third-order valence-corrected chi connectivity index (χ3v) is 9.34. The molecule has 0 aromatic heterocycles. The number of nitrogens with zero attached hydrogens (tertiary/aromatic N) is 3. The van der Waals surface area contributed by atoms with Crippen molar-refractivity contribution in [1.82, 2.24) is 4.90 Å². The maximum atomic E-state index is 13.1. The van der Waals surface area contributed by atoms with Crippen molar-refractivity contribution in [3.63, 3.8) is 0 Å². The zero-order valence-electron chi connectivity index (χ0n) is 19.8. The van der Waals surface area contributed by atoms with E-state index in [-0.39, 0.29) is 34.9 Å². The highest BCUT2D eigenvalue weighted by atomic mass is 79.9. The number of anilines is 2. The number of hydrogen-bond acceptors (Lipinski definition) is 5. The van der Waals surface area contributed by atoms with Gasteiger partial charge in [-0.3, -0.25) is 9.59 Å². The Labute approximate surface area is 209 Å². The second kappa shape index (κ2) is 9.70. The fourth-order valence-corrected chi connectivity index (χ4v) is 7.19. The van der Waals surface area contributed by atoms with Gasteiger partial charge < -0.3 is 14.7 Å². The van der Waals surface area contributed by atoms with Gasteiger partial charge in [-0.15, -0.1) is 0 Å². The van der Waals surface area contributed by atoms with Crippen molar-refractivity contribution in [2.45, 2.75) is 44.6 Å². The van der Waals surface area contributed by atoms with Gasteiger partial charge in [0.25, 0.3) is 0 Å². The molecule has 0 spiro atoms. The van der Waals surface area contributed by atoms with Crippen molar-refractivity contribution >= 4 is 49.0 Å². The third-order valence-electron chi connectivity index (χ3n) is 6.67. The molecule has 2 aliphatic heterocycles. The molecule has 0 saturated carbocycles. The van der Waals surface area contributed by atoms with E-state index >= 15 is 0 Å². The fraction of sp³-hybridized carbons (Fsp3) is 0.440. The van der Waals surface area contributed by atoms with Gasteiger partial charge in [-0.25, -0.2) is 8.42 Å². The Morgan fingerprint density at radius 3 is 2.44 bits per heavy atom. The molecular weight excluding hydrogens is 518 g/mol. The Bertz CT molecular complexity index is 1210. The van der Waals surface area contributed by atoms with Crippen molar-refractivity contribution in [2.24, 2.45) is 0 Å². The molecule has 2 aromatic carbocycles. The molecule has 1 fully saturated rings. The number of fused-ring (bicyclic) bond motifs is 1. The summed E-state index contributed by atoms with van der Waals surface area (Å²) < 4.78 is 26.7. The van der Waals surface area contributed by atoms with E-state index in [2.05, 4.69) is 58.9 Å². The molecule has 2 amide bonds. The van der Waals surface area contributed by atoms with Gasteiger partial charge in [-0.05, 0) is 66.0 Å². The van der Waals surface area contributed by atoms with Crippen LogP contribution in [0, 0.1) is 6.92 Å². The molecule has 1 unspecified atom stereocenters. The van der Waals surface area contributed by atoms with E-state index in [0.717, 1.165) is 11.3 Å². The number of aryl methyl sites for hydroxylation is 1. The van der Waals surface area contributed by atoms with Crippen LogP contribution >= 0.6 is 15.9 Å². The van der Waals surface area contributed by atoms with E-state index in [4.69, 9.17) is 0 Å². The summed E-state index contributed by atoms with van der Waals surface area (Å²) in [4.78, 5) is 30.6. The number of rotatable bonds is 5. The summed E-state index contributed by atoms with van der Waals surface area (Å²) in [6.07, 6.45) is 0.624. The monoisotopic (exact) mass is 547 g/mol. The molecule has 0 aliphatic carbocycles. The number of carbonyl (C=O) groups excluding carboxylic acids is 2. The molecule has 2 aliphatic rings. The van der Waals surface area contributed by atoms with Crippen molar-refractivity contribution in [2.75, 3.05) is 41.7 Å². The highest BCUT2D eigenvalue weighted by Crippen LogP contribution is 2.36. The molecular formula is C25H30BrN3O4S. The Balaban J connectivity index is 1.41. The predicted octanol–water partition coefficient (Wildman–Crippen LogP) is 3.57. The van der Waals surface area contributed by atoms with E-state index in [1.54, 1.807) is 21.9 Å². The second-order valence-corrected chi connectivity index (χ2v) is 12.1. The van der Waals surface area contributed by atoms with Crippen LogP contribution in [0.25, 0.3) is 0 Å². The topological polar surface area (TPSA) is 78.0 Å². The highest BCUT2D eigenvalue weighted by Gasteiger charge is 2.30. The molecule has 182 valence electrons. The van der Waals surface area contributed by atoms with Gasteiger partial charge in [0, 0.05) is 61.4 Å². The SMILES string of the molecule is CC(=O)N1CCc2cc(Br)c(S(=O)(=O)CCC(=O)N3CCN(c4ccc(C)cc4)C(C)C3)cc21. The van der Waals surface area contributed by atoms with Crippen LogP contribution in [0.1, 0.15) is 31.4 Å². The predicted molar refractivity (Wildman–Crippen MR) is 137 cm³/mol. The molecule has 2 heterocycles. The molecule has 0 N–H and O–H groups in total. The van der Waals surface area contributed by atoms with E-state index in [0.29, 0.717) is 42.8 Å². The average molecular weight is 549 g/mol. The Hall–Kier alpha value is -2.39. The quantitative estimate of drug-likeness (QED) is 0.571. The Kier molecular flexibility index (Phi) is 7.05. The van der Waals surface area contributed by atoms with E-state index in [9.17, 15) is 18.0 Å². The minimum atomic E-state index is -3.71. The second-order valence-electron chi connectivity index (χ2n) is 9.12. The summed E-state index contributed by atoms with van der Waals surface area (Å²) in [5.41, 5.74) is 3.92. The van der Waals surface area contributed by atoms with Crippen LogP contribution in [0.5, 0.6) is 0 Å². The van der Waals surface area contributed by atoms with Crippen molar-refractivity contribution in [3.05, 3.63) is 52.0 Å². The lowest BCUT2D eigenvalue weighted by atomic mass is 10.1.